The van der Waals surface area contributed by atoms with Crippen LogP contribution >= 0.6 is 23.2 Å². The number of hydrogen-bond donors (Lipinski definition) is 0. The molecule has 250 valence electrons. The van der Waals surface area contributed by atoms with E-state index >= 15 is 0 Å². The Morgan fingerprint density at radius 2 is 1.15 bits per heavy atom. The third-order valence-corrected chi connectivity index (χ3v) is 12.0. The Morgan fingerprint density at radius 1 is 0.688 bits per heavy atom. The predicted molar refractivity (Wildman–Crippen MR) is 191 cm³/mol. The molecule has 2 aliphatic carbocycles. The number of benzene rings is 2. The van der Waals surface area contributed by atoms with E-state index < -0.39 is 0 Å². The van der Waals surface area contributed by atoms with Crippen molar-refractivity contribution in [2.75, 3.05) is 47.5 Å². The van der Waals surface area contributed by atoms with Crippen LogP contribution in [0.1, 0.15) is 60.5 Å². The Bertz CT molecular complexity index is 1740. The normalized spacial score (nSPS) is 21.1. The second-order valence-corrected chi connectivity index (χ2v) is 14.4. The zero-order chi connectivity index (χ0) is 33.1. The summed E-state index contributed by atoms with van der Waals surface area (Å²) in [6.45, 7) is 6.46. The zero-order valence-electron chi connectivity index (χ0n) is 28.1. The Balaban J connectivity index is 1.12. The molecule has 2 aliphatic heterocycles. The lowest BCUT2D eigenvalue weighted by molar-refractivity contribution is -0.0514. The number of ether oxygens (including phenoxy) is 3. The first kappa shape index (κ1) is 32.0. The van der Waals surface area contributed by atoms with Gasteiger partial charge in [-0.05, 0) is 54.9 Å². The van der Waals surface area contributed by atoms with E-state index in [9.17, 15) is 0 Å². The summed E-state index contributed by atoms with van der Waals surface area (Å²) in [6, 6.07) is 17.2. The number of nitrogens with zero attached hydrogens (tertiary/aromatic N) is 4. The van der Waals surface area contributed by atoms with Crippen molar-refractivity contribution in [2.24, 2.45) is 5.92 Å². The first-order chi connectivity index (χ1) is 23.4. The minimum absolute atomic E-state index is 0.299. The molecule has 0 N–H and O–H groups in total. The number of fused-ring (bicyclic) bond motifs is 2. The molecule has 0 unspecified atom stereocenters. The van der Waals surface area contributed by atoms with Crippen molar-refractivity contribution >= 4 is 23.2 Å². The Labute approximate surface area is 293 Å². The fraction of sp³-hybridized carbons (Fsp3) is 0.436. The van der Waals surface area contributed by atoms with Gasteiger partial charge in [-0.15, -0.1) is 0 Å². The number of hydrogen-bond acceptors (Lipinski definition) is 7. The molecule has 4 aliphatic rings. The van der Waals surface area contributed by atoms with Crippen molar-refractivity contribution < 1.29 is 14.2 Å². The maximum atomic E-state index is 7.25. The third-order valence-electron chi connectivity index (χ3n) is 11.1. The maximum absolute atomic E-state index is 7.25. The highest BCUT2D eigenvalue weighted by Crippen LogP contribution is 2.48. The van der Waals surface area contributed by atoms with Gasteiger partial charge in [0.05, 0.1) is 41.8 Å². The number of likely N-dealkylation sites (tertiary alicyclic amines) is 2. The van der Waals surface area contributed by atoms with E-state index in [4.69, 9.17) is 47.4 Å². The van der Waals surface area contributed by atoms with Crippen molar-refractivity contribution in [3.63, 3.8) is 0 Å². The molecule has 0 radical (unpaired) electrons. The lowest BCUT2D eigenvalue weighted by Gasteiger charge is -2.43. The van der Waals surface area contributed by atoms with E-state index in [1.54, 1.807) is 21.3 Å². The van der Waals surface area contributed by atoms with Crippen LogP contribution in [0.15, 0.2) is 48.5 Å². The summed E-state index contributed by atoms with van der Waals surface area (Å²) < 4.78 is 17.3. The summed E-state index contributed by atoms with van der Waals surface area (Å²) in [5, 5.41) is 1.22. The number of rotatable bonds is 9. The molecule has 48 heavy (non-hydrogen) atoms. The van der Waals surface area contributed by atoms with Gasteiger partial charge in [0.15, 0.2) is 0 Å². The number of methoxy groups -OCH3 is 3. The SMILES string of the molecule is CCC1CN([C@@H]2CCc3cc(-c4cccc(-c5cccc(-c6cc7c(c(OC)n6)[C@H](N6CC(OC)C6)CC7)c5Cl)c4Cl)nc(OC)c32)C1. The highest BCUT2D eigenvalue weighted by Gasteiger charge is 2.40. The molecule has 2 saturated heterocycles. The van der Waals surface area contributed by atoms with Crippen LogP contribution in [-0.4, -0.2) is 73.4 Å². The van der Waals surface area contributed by atoms with Gasteiger partial charge < -0.3 is 14.2 Å². The highest BCUT2D eigenvalue weighted by molar-refractivity contribution is 6.39. The molecule has 0 amide bonds. The number of aromatic nitrogens is 2. The molecule has 2 aromatic heterocycles. The number of halogens is 2. The van der Waals surface area contributed by atoms with Gasteiger partial charge in [-0.1, -0.05) is 72.9 Å². The third kappa shape index (κ3) is 5.30. The lowest BCUT2D eigenvalue weighted by Crippen LogP contribution is -2.52. The molecule has 2 atom stereocenters. The van der Waals surface area contributed by atoms with Crippen LogP contribution < -0.4 is 9.47 Å². The van der Waals surface area contributed by atoms with E-state index in [-0.39, 0.29) is 0 Å². The Kier molecular flexibility index (Phi) is 8.62. The van der Waals surface area contributed by atoms with Gasteiger partial charge in [0.2, 0.25) is 11.8 Å². The molecule has 4 aromatic rings. The first-order valence-corrected chi connectivity index (χ1v) is 17.9. The quantitative estimate of drug-likeness (QED) is 0.175. The van der Waals surface area contributed by atoms with E-state index in [1.165, 1.54) is 28.7 Å². The smallest absolute Gasteiger partial charge is 0.218 e. The minimum Gasteiger partial charge on any atom is -0.481 e. The second-order valence-electron chi connectivity index (χ2n) is 13.7. The molecule has 7 nitrogen and oxygen atoms in total. The molecule has 0 saturated carbocycles. The van der Waals surface area contributed by atoms with Crippen LogP contribution in [0, 0.1) is 5.92 Å². The molecular formula is C39H42Cl2N4O3. The topological polar surface area (TPSA) is 60.0 Å². The van der Waals surface area contributed by atoms with Gasteiger partial charge in [0.1, 0.15) is 0 Å². The summed E-state index contributed by atoms with van der Waals surface area (Å²) in [7, 11) is 5.21. The minimum atomic E-state index is 0.299. The monoisotopic (exact) mass is 684 g/mol. The van der Waals surface area contributed by atoms with E-state index in [0.717, 1.165) is 91.4 Å². The van der Waals surface area contributed by atoms with Crippen LogP contribution in [0.2, 0.25) is 10.0 Å². The Morgan fingerprint density at radius 3 is 1.58 bits per heavy atom. The summed E-state index contributed by atoms with van der Waals surface area (Å²) in [5.41, 5.74) is 10.0. The number of aryl methyl sites for hydroxylation is 2. The van der Waals surface area contributed by atoms with Gasteiger partial charge in [-0.3, -0.25) is 9.80 Å². The molecular weight excluding hydrogens is 643 g/mol. The maximum Gasteiger partial charge on any atom is 0.218 e. The molecule has 9 heteroatoms. The summed E-state index contributed by atoms with van der Waals surface area (Å²) >= 11 is 14.5. The van der Waals surface area contributed by atoms with Crippen LogP contribution in [0.3, 0.4) is 0 Å². The largest absolute Gasteiger partial charge is 0.481 e. The summed E-state index contributed by atoms with van der Waals surface area (Å²) in [5.74, 6) is 2.18. The standard InChI is InChI=1S/C39H42Cl2N4O3/c1-5-22-18-44(19-22)32-14-12-23-16-30(42-38(47-3)34(23)32)28-10-6-8-26(36(28)40)27-9-7-11-29(37(27)41)31-17-24-13-15-33(35(24)39(43-31)48-4)45-20-25(21-45)46-2/h6-11,16-17,22,25,32-33H,5,12-15,18-21H2,1-4H3/t32-,33-/m1/s1. The summed E-state index contributed by atoms with van der Waals surface area (Å²) in [6.07, 6.45) is 5.66. The van der Waals surface area contributed by atoms with Gasteiger partial charge in [0, 0.05) is 78.8 Å². The first-order valence-electron chi connectivity index (χ1n) is 17.2. The van der Waals surface area contributed by atoms with Gasteiger partial charge in [-0.2, -0.15) is 0 Å². The lowest BCUT2D eigenvalue weighted by atomic mass is 9.93. The van der Waals surface area contributed by atoms with Crippen LogP contribution in [0.5, 0.6) is 11.8 Å². The fourth-order valence-corrected chi connectivity index (χ4v) is 9.00. The highest BCUT2D eigenvalue weighted by atomic mass is 35.5. The van der Waals surface area contributed by atoms with Crippen molar-refractivity contribution in [1.82, 2.24) is 19.8 Å². The zero-order valence-corrected chi connectivity index (χ0v) is 29.6. The molecule has 0 spiro atoms. The molecule has 2 aromatic carbocycles. The molecule has 2 fully saturated rings. The van der Waals surface area contributed by atoms with Gasteiger partial charge >= 0.3 is 0 Å². The van der Waals surface area contributed by atoms with Gasteiger partial charge in [0.25, 0.3) is 0 Å². The van der Waals surface area contributed by atoms with Crippen molar-refractivity contribution in [3.05, 3.63) is 80.8 Å². The molecule has 4 heterocycles. The van der Waals surface area contributed by atoms with E-state index in [0.29, 0.717) is 40.0 Å². The van der Waals surface area contributed by atoms with Crippen LogP contribution in [-0.2, 0) is 17.6 Å². The van der Waals surface area contributed by atoms with Crippen LogP contribution in [0.4, 0.5) is 0 Å². The van der Waals surface area contributed by atoms with Crippen molar-refractivity contribution in [2.45, 2.75) is 57.2 Å². The fourth-order valence-electron chi connectivity index (χ4n) is 8.35. The predicted octanol–water partition coefficient (Wildman–Crippen LogP) is 8.45. The number of pyridine rings is 2. The average Bonchev–Trinajstić information content (AvgIpc) is 3.68. The van der Waals surface area contributed by atoms with Crippen molar-refractivity contribution in [3.8, 4) is 45.4 Å². The summed E-state index contributed by atoms with van der Waals surface area (Å²) in [4.78, 5) is 15.1. The van der Waals surface area contributed by atoms with Crippen molar-refractivity contribution in [1.29, 1.82) is 0 Å². The Hall–Kier alpha value is -3.20. The molecule has 8 rings (SSSR count). The molecule has 0 bridgehead atoms. The van der Waals surface area contributed by atoms with E-state index in [2.05, 4.69) is 28.9 Å². The van der Waals surface area contributed by atoms with Crippen LogP contribution in [0.25, 0.3) is 33.6 Å². The van der Waals surface area contributed by atoms with Gasteiger partial charge in [-0.25, -0.2) is 9.97 Å². The van der Waals surface area contributed by atoms with E-state index in [1.807, 2.05) is 36.4 Å². The average molecular weight is 686 g/mol. The second kappa shape index (κ2) is 12.9.